The van der Waals surface area contributed by atoms with Gasteiger partial charge >= 0.3 is 0 Å². The van der Waals surface area contributed by atoms with Crippen molar-refractivity contribution >= 4 is 11.0 Å². The summed E-state index contributed by atoms with van der Waals surface area (Å²) in [5.74, 6) is 1.01. The summed E-state index contributed by atoms with van der Waals surface area (Å²) >= 11 is 0. The molecular weight excluding hydrogens is 339 g/mol. The number of benzene rings is 3. The predicted octanol–water partition coefficient (Wildman–Crippen LogP) is 5.52. The number of hydrogen-bond donors (Lipinski definition) is 0. The Balaban J connectivity index is 2.00. The van der Waals surface area contributed by atoms with Gasteiger partial charge in [0.15, 0.2) is 0 Å². The fourth-order valence-electron chi connectivity index (χ4n) is 3.55. The molecule has 0 aliphatic heterocycles. The molecule has 3 aromatic carbocycles. The third-order valence-electron chi connectivity index (χ3n) is 5.04. The van der Waals surface area contributed by atoms with E-state index in [0.717, 1.165) is 11.0 Å². The third-order valence-corrected chi connectivity index (χ3v) is 5.04. The van der Waals surface area contributed by atoms with E-state index in [1.807, 2.05) is 24.3 Å². The first kappa shape index (κ1) is 17.3. The van der Waals surface area contributed by atoms with Gasteiger partial charge in [-0.1, -0.05) is 36.4 Å². The molecule has 136 valence electrons. The maximum absolute atomic E-state index is 14.6. The Hall–Kier alpha value is -3.14. The molecule has 0 unspecified atom stereocenters. The van der Waals surface area contributed by atoms with Crippen molar-refractivity contribution in [2.45, 2.75) is 20.4 Å². The Morgan fingerprint density at radius 3 is 2.33 bits per heavy atom. The van der Waals surface area contributed by atoms with Crippen LogP contribution in [0, 0.1) is 19.7 Å². The van der Waals surface area contributed by atoms with E-state index in [-0.39, 0.29) is 5.82 Å². The maximum Gasteiger partial charge on any atom is 0.146 e. The van der Waals surface area contributed by atoms with Crippen LogP contribution in [0.25, 0.3) is 22.4 Å². The first-order chi connectivity index (χ1) is 13.1. The van der Waals surface area contributed by atoms with Crippen LogP contribution in [0.15, 0.2) is 60.7 Å². The van der Waals surface area contributed by atoms with Crippen molar-refractivity contribution < 1.29 is 9.13 Å². The van der Waals surface area contributed by atoms with Gasteiger partial charge in [-0.2, -0.15) is 0 Å². The second-order valence-corrected chi connectivity index (χ2v) is 6.70. The van der Waals surface area contributed by atoms with Crippen LogP contribution in [0.4, 0.5) is 4.39 Å². The highest BCUT2D eigenvalue weighted by molar-refractivity contribution is 5.86. The minimum absolute atomic E-state index is 0.283. The van der Waals surface area contributed by atoms with Gasteiger partial charge < -0.3 is 9.30 Å². The van der Waals surface area contributed by atoms with Crippen LogP contribution in [0.5, 0.6) is 5.75 Å². The van der Waals surface area contributed by atoms with Gasteiger partial charge in [-0.3, -0.25) is 0 Å². The molecule has 3 nitrogen and oxygen atoms in total. The summed E-state index contributed by atoms with van der Waals surface area (Å²) in [6.07, 6.45) is 0. The van der Waals surface area contributed by atoms with Crippen LogP contribution in [0.2, 0.25) is 0 Å². The summed E-state index contributed by atoms with van der Waals surface area (Å²) in [6.45, 7) is 4.82. The Morgan fingerprint density at radius 2 is 1.63 bits per heavy atom. The van der Waals surface area contributed by atoms with Gasteiger partial charge in [0.2, 0.25) is 0 Å². The number of methoxy groups -OCH3 is 1. The molecule has 0 atom stereocenters. The second-order valence-electron chi connectivity index (χ2n) is 6.70. The lowest BCUT2D eigenvalue weighted by atomic mass is 10.0. The second kappa shape index (κ2) is 6.88. The number of halogens is 1. The van der Waals surface area contributed by atoms with Gasteiger partial charge in [-0.25, -0.2) is 9.37 Å². The largest absolute Gasteiger partial charge is 0.494 e. The Labute approximate surface area is 158 Å². The van der Waals surface area contributed by atoms with Gasteiger partial charge in [0.05, 0.1) is 24.7 Å². The number of para-hydroxylation sites is 1. The van der Waals surface area contributed by atoms with Crippen LogP contribution in [-0.4, -0.2) is 16.7 Å². The number of fused-ring (bicyclic) bond motifs is 1. The summed E-state index contributed by atoms with van der Waals surface area (Å²) in [5.41, 5.74) is 5.79. The average Bonchev–Trinajstić information content (AvgIpc) is 3.03. The number of imidazole rings is 1. The molecule has 0 saturated carbocycles. The fourth-order valence-corrected chi connectivity index (χ4v) is 3.55. The van der Waals surface area contributed by atoms with E-state index in [1.54, 1.807) is 19.2 Å². The smallest absolute Gasteiger partial charge is 0.146 e. The molecule has 1 heterocycles. The number of hydrogen-bond acceptors (Lipinski definition) is 2. The van der Waals surface area contributed by atoms with E-state index in [4.69, 9.17) is 9.72 Å². The highest BCUT2D eigenvalue weighted by Gasteiger charge is 2.19. The molecule has 0 aliphatic carbocycles. The quantitative estimate of drug-likeness (QED) is 0.479. The molecule has 4 aromatic rings. The fraction of sp³-hybridized carbons (Fsp3) is 0.174. The number of nitrogens with zero attached hydrogens (tertiary/aromatic N) is 2. The van der Waals surface area contributed by atoms with E-state index >= 15 is 0 Å². The van der Waals surface area contributed by atoms with Crippen molar-refractivity contribution in [3.63, 3.8) is 0 Å². The van der Waals surface area contributed by atoms with Crippen LogP contribution in [0.3, 0.4) is 0 Å². The number of aromatic nitrogens is 2. The van der Waals surface area contributed by atoms with E-state index in [1.165, 1.54) is 22.8 Å². The van der Waals surface area contributed by atoms with Crippen LogP contribution in [0.1, 0.15) is 16.7 Å². The first-order valence-corrected chi connectivity index (χ1v) is 8.93. The summed E-state index contributed by atoms with van der Waals surface area (Å²) in [6, 6.07) is 18.8. The highest BCUT2D eigenvalue weighted by Crippen LogP contribution is 2.32. The van der Waals surface area contributed by atoms with Gasteiger partial charge in [0.25, 0.3) is 0 Å². The molecule has 0 radical (unpaired) electrons. The monoisotopic (exact) mass is 360 g/mol. The van der Waals surface area contributed by atoms with Crippen molar-refractivity contribution in [2.24, 2.45) is 0 Å². The van der Waals surface area contributed by atoms with E-state index in [9.17, 15) is 4.39 Å². The number of ether oxygens (including phenoxy) is 1. The SMILES string of the molecule is COc1cccc2c1nc(-c1ccccc1F)n2Cc1c(C)cccc1C. The highest BCUT2D eigenvalue weighted by atomic mass is 19.1. The molecule has 0 aliphatic rings. The summed E-state index contributed by atoms with van der Waals surface area (Å²) in [5, 5.41) is 0. The lowest BCUT2D eigenvalue weighted by Gasteiger charge is -2.14. The average molecular weight is 360 g/mol. The van der Waals surface area contributed by atoms with Gasteiger partial charge in [0, 0.05) is 0 Å². The topological polar surface area (TPSA) is 27.1 Å². The van der Waals surface area contributed by atoms with Crippen molar-refractivity contribution in [2.75, 3.05) is 7.11 Å². The Kier molecular flexibility index (Phi) is 4.40. The molecular formula is C23H21FN2O. The Bertz CT molecular complexity index is 1110. The minimum Gasteiger partial charge on any atom is -0.494 e. The summed E-state index contributed by atoms with van der Waals surface area (Å²) < 4.78 is 22.1. The molecule has 0 fully saturated rings. The van der Waals surface area contributed by atoms with Crippen LogP contribution >= 0.6 is 0 Å². The number of aryl methyl sites for hydroxylation is 2. The van der Waals surface area contributed by atoms with E-state index in [0.29, 0.717) is 23.7 Å². The van der Waals surface area contributed by atoms with E-state index in [2.05, 4.69) is 36.6 Å². The van der Waals surface area contributed by atoms with Crippen molar-refractivity contribution in [1.82, 2.24) is 9.55 Å². The summed E-state index contributed by atoms with van der Waals surface area (Å²) in [7, 11) is 1.63. The normalized spacial score (nSPS) is 11.1. The lowest BCUT2D eigenvalue weighted by molar-refractivity contribution is 0.419. The molecule has 1 aromatic heterocycles. The maximum atomic E-state index is 14.6. The lowest BCUT2D eigenvalue weighted by Crippen LogP contribution is -2.06. The third kappa shape index (κ3) is 2.97. The van der Waals surface area contributed by atoms with Gasteiger partial charge in [0.1, 0.15) is 22.9 Å². The molecule has 0 bridgehead atoms. The molecule has 4 heteroatoms. The standard InChI is InChI=1S/C23H21FN2O/c1-15-8-6-9-16(2)18(15)14-26-20-12-7-13-21(27-3)22(20)25-23(26)17-10-4-5-11-19(17)24/h4-13H,14H2,1-3H3. The molecule has 0 amide bonds. The predicted molar refractivity (Wildman–Crippen MR) is 107 cm³/mol. The van der Waals surface area contributed by atoms with Crippen molar-refractivity contribution in [3.8, 4) is 17.1 Å². The zero-order valence-electron chi connectivity index (χ0n) is 15.7. The van der Waals surface area contributed by atoms with Crippen molar-refractivity contribution in [3.05, 3.63) is 83.2 Å². The zero-order chi connectivity index (χ0) is 19.0. The molecule has 27 heavy (non-hydrogen) atoms. The zero-order valence-corrected chi connectivity index (χ0v) is 15.7. The minimum atomic E-state index is -0.283. The van der Waals surface area contributed by atoms with Gasteiger partial charge in [-0.05, 0) is 54.8 Å². The first-order valence-electron chi connectivity index (χ1n) is 8.93. The molecule has 0 spiro atoms. The van der Waals surface area contributed by atoms with Crippen molar-refractivity contribution in [1.29, 1.82) is 0 Å². The van der Waals surface area contributed by atoms with E-state index < -0.39 is 0 Å². The van der Waals surface area contributed by atoms with Gasteiger partial charge in [-0.15, -0.1) is 0 Å². The Morgan fingerprint density at radius 1 is 0.926 bits per heavy atom. The molecule has 0 N–H and O–H groups in total. The molecule has 4 rings (SSSR count). The van der Waals surface area contributed by atoms with Crippen LogP contribution in [-0.2, 0) is 6.54 Å². The summed E-state index contributed by atoms with van der Waals surface area (Å²) in [4.78, 5) is 4.77. The number of rotatable bonds is 4. The van der Waals surface area contributed by atoms with Crippen LogP contribution < -0.4 is 4.74 Å². The molecule has 0 saturated heterocycles.